The van der Waals surface area contributed by atoms with E-state index in [0.29, 0.717) is 5.92 Å². The van der Waals surface area contributed by atoms with Gasteiger partial charge >= 0.3 is 0 Å². The van der Waals surface area contributed by atoms with E-state index < -0.39 is 0 Å². The van der Waals surface area contributed by atoms with Crippen molar-refractivity contribution >= 4 is 11.6 Å². The third-order valence-corrected chi connectivity index (χ3v) is 8.59. The molecule has 3 aromatic rings. The van der Waals surface area contributed by atoms with Gasteiger partial charge in [-0.3, -0.25) is 0 Å². The van der Waals surface area contributed by atoms with E-state index in [4.69, 9.17) is 6.58 Å². The highest BCUT2D eigenvalue weighted by molar-refractivity contribution is 5.68. The standard InChI is InChI=1S/C40H42/c1-7-12-28(4)38-29(5)23-37-26-36(30(6)39(37)40(38)35-15-9-8-10-16-35)25-33-14-11-13-32(24-33)18-17-31-19-21-34(22-20-31)27(2)3/h8-11,13-16,19-25,39-40H,2,4,6-7,12,17-18,26H2,1,3,5H3/b36-25+. The van der Waals surface area contributed by atoms with E-state index >= 15 is 0 Å². The van der Waals surface area contributed by atoms with Crippen LogP contribution in [-0.2, 0) is 12.8 Å². The molecule has 3 aromatic carbocycles. The second-order valence-corrected chi connectivity index (χ2v) is 11.6. The van der Waals surface area contributed by atoms with Gasteiger partial charge in [-0.25, -0.2) is 0 Å². The average molecular weight is 523 g/mol. The molecule has 0 heteroatoms. The van der Waals surface area contributed by atoms with Crippen LogP contribution in [0.5, 0.6) is 0 Å². The molecule has 0 spiro atoms. The summed E-state index contributed by atoms with van der Waals surface area (Å²) in [6.45, 7) is 19.9. The second-order valence-electron chi connectivity index (χ2n) is 11.6. The van der Waals surface area contributed by atoms with Gasteiger partial charge in [-0.05, 0) is 89.6 Å². The van der Waals surface area contributed by atoms with E-state index in [1.807, 2.05) is 0 Å². The zero-order valence-corrected chi connectivity index (χ0v) is 24.5. The maximum Gasteiger partial charge on any atom is 0.0201 e. The summed E-state index contributed by atoms with van der Waals surface area (Å²) in [6, 6.07) is 28.9. The van der Waals surface area contributed by atoms with E-state index in [9.17, 15) is 0 Å². The molecular formula is C40H42. The van der Waals surface area contributed by atoms with Crippen molar-refractivity contribution in [1.82, 2.24) is 0 Å². The van der Waals surface area contributed by atoms with Gasteiger partial charge in [-0.2, -0.15) is 0 Å². The molecule has 0 aromatic heterocycles. The van der Waals surface area contributed by atoms with Crippen LogP contribution in [0, 0.1) is 5.92 Å². The molecule has 2 aliphatic rings. The Kier molecular flexibility index (Phi) is 8.36. The normalized spacial score (nSPS) is 19.5. The van der Waals surface area contributed by atoms with Crippen molar-refractivity contribution in [2.75, 3.05) is 0 Å². The molecule has 0 radical (unpaired) electrons. The van der Waals surface area contributed by atoms with E-state index in [2.05, 4.69) is 125 Å². The summed E-state index contributed by atoms with van der Waals surface area (Å²) < 4.78 is 0. The molecule has 1 saturated carbocycles. The number of fused-ring (bicyclic) bond motifs is 1. The molecule has 2 unspecified atom stereocenters. The first-order valence-electron chi connectivity index (χ1n) is 14.7. The highest BCUT2D eigenvalue weighted by Gasteiger charge is 2.40. The first-order valence-corrected chi connectivity index (χ1v) is 14.7. The van der Waals surface area contributed by atoms with Gasteiger partial charge in [0.2, 0.25) is 0 Å². The Bertz CT molecular complexity index is 1520. The van der Waals surface area contributed by atoms with Crippen molar-refractivity contribution in [3.05, 3.63) is 166 Å². The fraction of sp³-hybridized carbons (Fsp3) is 0.250. The number of allylic oxidation sites excluding steroid dienone is 8. The molecule has 5 rings (SSSR count). The van der Waals surface area contributed by atoms with Gasteiger partial charge in [0, 0.05) is 11.8 Å². The van der Waals surface area contributed by atoms with E-state index in [-0.39, 0.29) is 5.92 Å². The van der Waals surface area contributed by atoms with Gasteiger partial charge in [0.25, 0.3) is 0 Å². The predicted octanol–water partition coefficient (Wildman–Crippen LogP) is 10.9. The maximum absolute atomic E-state index is 4.71. The van der Waals surface area contributed by atoms with Crippen LogP contribution >= 0.6 is 0 Å². The molecule has 0 amide bonds. The summed E-state index contributed by atoms with van der Waals surface area (Å²) >= 11 is 0. The molecular weight excluding hydrogens is 480 g/mol. The monoisotopic (exact) mass is 522 g/mol. The lowest BCUT2D eigenvalue weighted by molar-refractivity contribution is 0.619. The maximum atomic E-state index is 4.71. The second kappa shape index (κ2) is 12.1. The Morgan fingerprint density at radius 2 is 1.60 bits per heavy atom. The Hall–Kier alpha value is -3.90. The van der Waals surface area contributed by atoms with Crippen molar-refractivity contribution in [2.24, 2.45) is 5.92 Å². The number of aryl methyl sites for hydroxylation is 2. The van der Waals surface area contributed by atoms with Gasteiger partial charge in [-0.15, -0.1) is 0 Å². The van der Waals surface area contributed by atoms with Gasteiger partial charge in [0.1, 0.15) is 0 Å². The van der Waals surface area contributed by atoms with Gasteiger partial charge < -0.3 is 0 Å². The molecule has 40 heavy (non-hydrogen) atoms. The Morgan fingerprint density at radius 1 is 0.875 bits per heavy atom. The van der Waals surface area contributed by atoms with Crippen LogP contribution in [0.3, 0.4) is 0 Å². The molecule has 2 aliphatic carbocycles. The lowest BCUT2D eigenvalue weighted by Gasteiger charge is -2.34. The van der Waals surface area contributed by atoms with Crippen LogP contribution in [0.2, 0.25) is 0 Å². The van der Waals surface area contributed by atoms with Crippen molar-refractivity contribution < 1.29 is 0 Å². The zero-order valence-electron chi connectivity index (χ0n) is 24.5. The van der Waals surface area contributed by atoms with E-state index in [0.717, 1.165) is 37.7 Å². The van der Waals surface area contributed by atoms with Gasteiger partial charge in [0.15, 0.2) is 0 Å². The highest BCUT2D eigenvalue weighted by atomic mass is 14.4. The third kappa shape index (κ3) is 5.82. The molecule has 0 heterocycles. The quantitative estimate of drug-likeness (QED) is 0.262. The predicted molar refractivity (Wildman–Crippen MR) is 174 cm³/mol. The molecule has 0 nitrogen and oxygen atoms in total. The van der Waals surface area contributed by atoms with E-state index in [1.165, 1.54) is 61.3 Å². The van der Waals surface area contributed by atoms with Gasteiger partial charge in [0.05, 0.1) is 0 Å². The molecule has 0 aliphatic heterocycles. The minimum atomic E-state index is 0.279. The first-order chi connectivity index (χ1) is 19.4. The van der Waals surface area contributed by atoms with Crippen molar-refractivity contribution in [3.8, 4) is 0 Å². The van der Waals surface area contributed by atoms with Crippen LogP contribution in [0.25, 0.3) is 11.6 Å². The van der Waals surface area contributed by atoms with Crippen molar-refractivity contribution in [1.29, 1.82) is 0 Å². The highest BCUT2D eigenvalue weighted by Crippen LogP contribution is 2.55. The average Bonchev–Trinajstić information content (AvgIpc) is 3.26. The molecule has 202 valence electrons. The Balaban J connectivity index is 1.39. The lowest BCUT2D eigenvalue weighted by atomic mass is 9.69. The molecule has 1 fully saturated rings. The fourth-order valence-corrected chi connectivity index (χ4v) is 6.57. The van der Waals surface area contributed by atoms with Crippen molar-refractivity contribution in [2.45, 2.75) is 58.8 Å². The smallest absolute Gasteiger partial charge is 0.0201 e. The summed E-state index contributed by atoms with van der Waals surface area (Å²) in [5.41, 5.74) is 15.9. The molecule has 0 bridgehead atoms. The number of rotatable bonds is 9. The van der Waals surface area contributed by atoms with Crippen LogP contribution in [0.1, 0.15) is 73.8 Å². The Labute approximate surface area is 241 Å². The lowest BCUT2D eigenvalue weighted by Crippen LogP contribution is -2.21. The summed E-state index contributed by atoms with van der Waals surface area (Å²) in [5, 5.41) is 0. The van der Waals surface area contributed by atoms with Crippen LogP contribution in [0.15, 0.2) is 138 Å². The summed E-state index contributed by atoms with van der Waals surface area (Å²) in [4.78, 5) is 0. The fourth-order valence-electron chi connectivity index (χ4n) is 6.57. The number of hydrogen-bond donors (Lipinski definition) is 0. The SMILES string of the molecule is C=C(CCC)C1=C(C)C=C2C/C(=C\c3cccc(CCc4ccc(C(=C)C)cc4)c3)C(=C)C2C1c1ccccc1. The summed E-state index contributed by atoms with van der Waals surface area (Å²) in [6.07, 6.45) is 9.99. The van der Waals surface area contributed by atoms with Gasteiger partial charge in [-0.1, -0.05) is 141 Å². The molecule has 0 N–H and O–H groups in total. The van der Waals surface area contributed by atoms with Crippen LogP contribution in [-0.4, -0.2) is 0 Å². The molecule has 0 saturated heterocycles. The minimum Gasteiger partial charge on any atom is -0.0955 e. The largest absolute Gasteiger partial charge is 0.0955 e. The van der Waals surface area contributed by atoms with Crippen LogP contribution in [0.4, 0.5) is 0 Å². The number of hydrogen-bond acceptors (Lipinski definition) is 0. The number of benzene rings is 3. The Morgan fingerprint density at radius 3 is 2.30 bits per heavy atom. The summed E-state index contributed by atoms with van der Waals surface area (Å²) in [5.74, 6) is 0.576. The van der Waals surface area contributed by atoms with Crippen LogP contribution < -0.4 is 0 Å². The third-order valence-electron chi connectivity index (χ3n) is 8.59. The zero-order chi connectivity index (χ0) is 28.2. The first kappa shape index (κ1) is 27.7. The minimum absolute atomic E-state index is 0.279. The molecule has 2 atom stereocenters. The van der Waals surface area contributed by atoms with Crippen molar-refractivity contribution in [3.63, 3.8) is 0 Å². The van der Waals surface area contributed by atoms with E-state index in [1.54, 1.807) is 0 Å². The summed E-state index contributed by atoms with van der Waals surface area (Å²) in [7, 11) is 0. The topological polar surface area (TPSA) is 0 Å².